The lowest BCUT2D eigenvalue weighted by Crippen LogP contribution is -2.91. The van der Waals surface area contributed by atoms with Crippen molar-refractivity contribution in [1.82, 2.24) is 0 Å². The van der Waals surface area contributed by atoms with E-state index in [2.05, 4.69) is 41.8 Å². The van der Waals surface area contributed by atoms with E-state index in [1.807, 2.05) is 67.6 Å². The Balaban J connectivity index is 1.70. The van der Waals surface area contributed by atoms with Crippen molar-refractivity contribution in [3.63, 3.8) is 0 Å². The third kappa shape index (κ3) is 4.38. The number of amides is 1. The van der Waals surface area contributed by atoms with Crippen molar-refractivity contribution in [1.29, 1.82) is 0 Å². The van der Waals surface area contributed by atoms with Gasteiger partial charge in [0.15, 0.2) is 6.04 Å². The average Bonchev–Trinajstić information content (AvgIpc) is 2.69. The van der Waals surface area contributed by atoms with Crippen LogP contribution in [0.25, 0.3) is 11.1 Å². The van der Waals surface area contributed by atoms with E-state index in [9.17, 15) is 4.79 Å². The predicted molar refractivity (Wildman–Crippen MR) is 107 cm³/mol. The smallest absolute Gasteiger partial charge is 0.282 e. The molecule has 3 heteroatoms. The largest absolute Gasteiger partial charge is 0.330 e. The Morgan fingerprint density at radius 3 is 2.08 bits per heavy atom. The molecule has 2 atom stereocenters. The SMILES string of the molecule is C[C@@H]([NH2+][C@H](C)c1ccccc1)C(=O)Nc1ccccc1-c1ccccc1. The van der Waals surface area contributed by atoms with Gasteiger partial charge in [-0.1, -0.05) is 78.9 Å². The lowest BCUT2D eigenvalue weighted by Gasteiger charge is -2.18. The Labute approximate surface area is 155 Å². The fourth-order valence-corrected chi connectivity index (χ4v) is 3.10. The normalized spacial score (nSPS) is 13.0. The number of hydrogen-bond donors (Lipinski definition) is 2. The lowest BCUT2D eigenvalue weighted by atomic mass is 10.0. The van der Waals surface area contributed by atoms with Crippen molar-refractivity contribution in [2.45, 2.75) is 25.9 Å². The Morgan fingerprint density at radius 1 is 0.808 bits per heavy atom. The highest BCUT2D eigenvalue weighted by Gasteiger charge is 2.21. The molecular formula is C23H25N2O+. The number of rotatable bonds is 6. The minimum absolute atomic E-state index is 0.0103. The highest BCUT2D eigenvalue weighted by Crippen LogP contribution is 2.27. The monoisotopic (exact) mass is 345 g/mol. The second kappa shape index (κ2) is 8.45. The van der Waals surface area contributed by atoms with Crippen LogP contribution in [0.3, 0.4) is 0 Å². The summed E-state index contributed by atoms with van der Waals surface area (Å²) < 4.78 is 0. The summed E-state index contributed by atoms with van der Waals surface area (Å²) in [4.78, 5) is 12.7. The molecule has 0 unspecified atom stereocenters. The van der Waals surface area contributed by atoms with Crippen LogP contribution in [0.1, 0.15) is 25.5 Å². The van der Waals surface area contributed by atoms with Gasteiger partial charge in [0.1, 0.15) is 6.04 Å². The summed E-state index contributed by atoms with van der Waals surface area (Å²) in [6.07, 6.45) is 0. The lowest BCUT2D eigenvalue weighted by molar-refractivity contribution is -0.709. The van der Waals surface area contributed by atoms with Crippen LogP contribution >= 0.6 is 0 Å². The third-order valence-corrected chi connectivity index (χ3v) is 4.59. The van der Waals surface area contributed by atoms with Gasteiger partial charge >= 0.3 is 0 Å². The van der Waals surface area contributed by atoms with Crippen LogP contribution in [0, 0.1) is 0 Å². The second-order valence-electron chi connectivity index (χ2n) is 6.58. The average molecular weight is 345 g/mol. The molecule has 3 aromatic carbocycles. The fraction of sp³-hybridized carbons (Fsp3) is 0.174. The number of nitrogens with two attached hydrogens (primary N) is 1. The van der Waals surface area contributed by atoms with Crippen LogP contribution < -0.4 is 10.6 Å². The molecule has 0 saturated heterocycles. The van der Waals surface area contributed by atoms with Gasteiger partial charge in [0, 0.05) is 16.8 Å². The van der Waals surface area contributed by atoms with Crippen molar-refractivity contribution in [3.05, 3.63) is 90.5 Å². The number of quaternary nitrogens is 1. The molecule has 0 radical (unpaired) electrons. The molecule has 3 aromatic rings. The molecule has 0 aliphatic carbocycles. The molecule has 132 valence electrons. The van der Waals surface area contributed by atoms with E-state index in [0.29, 0.717) is 0 Å². The summed E-state index contributed by atoms with van der Waals surface area (Å²) in [6.45, 7) is 4.07. The van der Waals surface area contributed by atoms with Crippen molar-refractivity contribution < 1.29 is 10.1 Å². The summed E-state index contributed by atoms with van der Waals surface area (Å²) in [5, 5.41) is 5.19. The fourth-order valence-electron chi connectivity index (χ4n) is 3.10. The van der Waals surface area contributed by atoms with Crippen LogP contribution in [-0.2, 0) is 4.79 Å². The topological polar surface area (TPSA) is 45.7 Å². The van der Waals surface area contributed by atoms with Crippen molar-refractivity contribution in [2.24, 2.45) is 0 Å². The van der Waals surface area contributed by atoms with E-state index in [1.165, 1.54) is 5.56 Å². The van der Waals surface area contributed by atoms with E-state index in [-0.39, 0.29) is 18.0 Å². The van der Waals surface area contributed by atoms with Crippen LogP contribution in [0.5, 0.6) is 0 Å². The molecule has 0 bridgehead atoms. The highest BCUT2D eigenvalue weighted by molar-refractivity contribution is 5.97. The molecule has 26 heavy (non-hydrogen) atoms. The van der Waals surface area contributed by atoms with Crippen molar-refractivity contribution >= 4 is 11.6 Å². The van der Waals surface area contributed by atoms with Gasteiger partial charge < -0.3 is 10.6 Å². The molecule has 3 N–H and O–H groups in total. The molecule has 0 fully saturated rings. The summed E-state index contributed by atoms with van der Waals surface area (Å²) in [6, 6.07) is 28.3. The zero-order chi connectivity index (χ0) is 18.4. The molecular weight excluding hydrogens is 320 g/mol. The predicted octanol–water partition coefficient (Wildman–Crippen LogP) is 4.01. The van der Waals surface area contributed by atoms with E-state index < -0.39 is 0 Å². The van der Waals surface area contributed by atoms with Crippen molar-refractivity contribution in [2.75, 3.05) is 5.32 Å². The number of para-hydroxylation sites is 1. The minimum atomic E-state index is -0.186. The van der Waals surface area contributed by atoms with Crippen molar-refractivity contribution in [3.8, 4) is 11.1 Å². The standard InChI is InChI=1S/C23H24N2O/c1-17(19-11-5-3-6-12-19)24-18(2)23(26)25-22-16-10-9-15-21(22)20-13-7-4-8-14-20/h3-18,24H,1-2H3,(H,25,26)/p+1/t17-,18-/m1/s1. The summed E-state index contributed by atoms with van der Waals surface area (Å²) in [7, 11) is 0. The van der Waals surface area contributed by atoms with Gasteiger partial charge in [-0.05, 0) is 25.5 Å². The number of hydrogen-bond acceptors (Lipinski definition) is 1. The Morgan fingerprint density at radius 2 is 1.38 bits per heavy atom. The molecule has 0 saturated carbocycles. The second-order valence-corrected chi connectivity index (χ2v) is 6.58. The molecule has 0 aliphatic heterocycles. The molecule has 0 heterocycles. The maximum absolute atomic E-state index is 12.7. The first-order chi connectivity index (χ1) is 12.6. The van der Waals surface area contributed by atoms with Gasteiger partial charge in [0.05, 0.1) is 0 Å². The van der Waals surface area contributed by atoms with Gasteiger partial charge in [-0.15, -0.1) is 0 Å². The van der Waals surface area contributed by atoms with Gasteiger partial charge in [-0.3, -0.25) is 4.79 Å². The number of carbonyl (C=O) groups is 1. The number of benzene rings is 3. The van der Waals surface area contributed by atoms with Crippen LogP contribution in [-0.4, -0.2) is 11.9 Å². The van der Waals surface area contributed by atoms with Gasteiger partial charge in [-0.25, -0.2) is 0 Å². The Bertz CT molecular complexity index is 846. The first kappa shape index (κ1) is 17.9. The number of nitrogens with one attached hydrogen (secondary N) is 1. The molecule has 0 aliphatic rings. The van der Waals surface area contributed by atoms with E-state index in [0.717, 1.165) is 16.8 Å². The molecule has 3 rings (SSSR count). The first-order valence-electron chi connectivity index (χ1n) is 9.00. The number of carbonyl (C=O) groups excluding carboxylic acids is 1. The molecule has 3 nitrogen and oxygen atoms in total. The minimum Gasteiger partial charge on any atom is -0.330 e. The maximum Gasteiger partial charge on any atom is 0.282 e. The molecule has 1 amide bonds. The summed E-state index contributed by atoms with van der Waals surface area (Å²) >= 11 is 0. The van der Waals surface area contributed by atoms with Crippen LogP contribution in [0.2, 0.25) is 0 Å². The van der Waals surface area contributed by atoms with E-state index in [4.69, 9.17) is 0 Å². The molecule has 0 aromatic heterocycles. The van der Waals surface area contributed by atoms with Gasteiger partial charge in [0.25, 0.3) is 5.91 Å². The van der Waals surface area contributed by atoms with E-state index in [1.54, 1.807) is 0 Å². The Hall–Kier alpha value is -2.91. The Kier molecular flexibility index (Phi) is 5.82. The van der Waals surface area contributed by atoms with E-state index >= 15 is 0 Å². The zero-order valence-corrected chi connectivity index (χ0v) is 15.2. The first-order valence-corrected chi connectivity index (χ1v) is 9.00. The highest BCUT2D eigenvalue weighted by atomic mass is 16.2. The zero-order valence-electron chi connectivity index (χ0n) is 15.2. The summed E-state index contributed by atoms with van der Waals surface area (Å²) in [5.41, 5.74) is 4.19. The third-order valence-electron chi connectivity index (χ3n) is 4.59. The molecule has 0 spiro atoms. The van der Waals surface area contributed by atoms with Gasteiger partial charge in [-0.2, -0.15) is 0 Å². The summed E-state index contributed by atoms with van der Waals surface area (Å²) in [5.74, 6) is 0.0103. The van der Waals surface area contributed by atoms with Gasteiger partial charge in [0.2, 0.25) is 0 Å². The number of anilines is 1. The maximum atomic E-state index is 12.7. The van der Waals surface area contributed by atoms with Crippen LogP contribution in [0.15, 0.2) is 84.9 Å². The van der Waals surface area contributed by atoms with Crippen LogP contribution in [0.4, 0.5) is 5.69 Å². The quantitative estimate of drug-likeness (QED) is 0.697.